The third-order valence-corrected chi connectivity index (χ3v) is 1.69. The van der Waals surface area contributed by atoms with Gasteiger partial charge in [0.2, 0.25) is 0 Å². The molecule has 0 atom stereocenters. The summed E-state index contributed by atoms with van der Waals surface area (Å²) in [5, 5.41) is 0.425. The minimum atomic E-state index is -0.542. The zero-order chi connectivity index (χ0) is 9.84. The molecule has 0 aromatic carbocycles. The summed E-state index contributed by atoms with van der Waals surface area (Å²) < 4.78 is 5.06. The van der Waals surface area contributed by atoms with Gasteiger partial charge in [-0.15, -0.1) is 0 Å². The SMILES string of the molecule is Cc1nccc(Cl)c1OCC(N)=O. The number of nitrogens with two attached hydrogens (primary N) is 1. The van der Waals surface area contributed by atoms with E-state index in [2.05, 4.69) is 4.98 Å². The molecular formula is C8H9ClN2O2. The Kier molecular flexibility index (Phi) is 3.08. The van der Waals surface area contributed by atoms with E-state index < -0.39 is 5.91 Å². The maximum atomic E-state index is 10.4. The Hall–Kier alpha value is -1.29. The summed E-state index contributed by atoms with van der Waals surface area (Å²) in [6, 6.07) is 1.59. The van der Waals surface area contributed by atoms with Crippen LogP contribution in [-0.4, -0.2) is 17.5 Å². The van der Waals surface area contributed by atoms with Crippen molar-refractivity contribution in [3.63, 3.8) is 0 Å². The Morgan fingerprint density at radius 2 is 2.46 bits per heavy atom. The van der Waals surface area contributed by atoms with Crippen LogP contribution in [0.4, 0.5) is 0 Å². The first-order valence-electron chi connectivity index (χ1n) is 3.63. The van der Waals surface area contributed by atoms with E-state index in [0.717, 1.165) is 0 Å². The van der Waals surface area contributed by atoms with E-state index >= 15 is 0 Å². The number of pyridine rings is 1. The quantitative estimate of drug-likeness (QED) is 0.789. The van der Waals surface area contributed by atoms with Crippen LogP contribution in [0.1, 0.15) is 5.69 Å². The molecule has 0 aliphatic heterocycles. The first-order chi connectivity index (χ1) is 6.11. The highest BCUT2D eigenvalue weighted by molar-refractivity contribution is 6.32. The highest BCUT2D eigenvalue weighted by atomic mass is 35.5. The van der Waals surface area contributed by atoms with Gasteiger partial charge in [0.05, 0.1) is 10.7 Å². The van der Waals surface area contributed by atoms with E-state index in [4.69, 9.17) is 22.1 Å². The molecule has 1 amide bonds. The molecule has 2 N–H and O–H groups in total. The third-order valence-electron chi connectivity index (χ3n) is 1.39. The lowest BCUT2D eigenvalue weighted by molar-refractivity contribution is -0.119. The van der Waals surface area contributed by atoms with Gasteiger partial charge in [-0.2, -0.15) is 0 Å². The topological polar surface area (TPSA) is 65.2 Å². The number of nitrogens with zero attached hydrogens (tertiary/aromatic N) is 1. The Balaban J connectivity index is 2.81. The van der Waals surface area contributed by atoms with Crippen LogP contribution >= 0.6 is 11.6 Å². The van der Waals surface area contributed by atoms with Gasteiger partial charge in [0.25, 0.3) is 5.91 Å². The fourth-order valence-electron chi connectivity index (χ4n) is 0.838. The summed E-state index contributed by atoms with van der Waals surface area (Å²) in [5.41, 5.74) is 5.55. The molecule has 1 aromatic heterocycles. The molecule has 5 heteroatoms. The molecule has 1 heterocycles. The summed E-state index contributed by atoms with van der Waals surface area (Å²) in [5.74, 6) is -0.137. The van der Waals surface area contributed by atoms with Crippen LogP contribution in [0.2, 0.25) is 5.02 Å². The average Bonchev–Trinajstić information content (AvgIpc) is 2.03. The van der Waals surface area contributed by atoms with Gasteiger partial charge < -0.3 is 10.5 Å². The van der Waals surface area contributed by atoms with Crippen LogP contribution in [0.3, 0.4) is 0 Å². The summed E-state index contributed by atoms with van der Waals surface area (Å²) in [6.45, 7) is 1.55. The van der Waals surface area contributed by atoms with E-state index in [1.807, 2.05) is 0 Å². The van der Waals surface area contributed by atoms with Crippen LogP contribution in [0.5, 0.6) is 5.75 Å². The van der Waals surface area contributed by atoms with Crippen molar-refractivity contribution in [1.82, 2.24) is 4.98 Å². The van der Waals surface area contributed by atoms with Gasteiger partial charge >= 0.3 is 0 Å². The zero-order valence-corrected chi connectivity index (χ0v) is 7.84. The van der Waals surface area contributed by atoms with Gasteiger partial charge in [0.15, 0.2) is 12.4 Å². The Morgan fingerprint density at radius 1 is 1.77 bits per heavy atom. The third kappa shape index (κ3) is 2.59. The van der Waals surface area contributed by atoms with Crippen molar-refractivity contribution >= 4 is 17.5 Å². The van der Waals surface area contributed by atoms with Crippen LogP contribution < -0.4 is 10.5 Å². The monoisotopic (exact) mass is 200 g/mol. The Morgan fingerprint density at radius 3 is 3.00 bits per heavy atom. The van der Waals surface area contributed by atoms with Gasteiger partial charge in [0, 0.05) is 6.20 Å². The molecule has 4 nitrogen and oxygen atoms in total. The standard InChI is InChI=1S/C8H9ClN2O2/c1-5-8(13-4-7(10)12)6(9)2-3-11-5/h2-3H,4H2,1H3,(H2,10,12). The summed E-state index contributed by atoms with van der Waals surface area (Å²) in [4.78, 5) is 14.4. The van der Waals surface area contributed by atoms with Crippen LogP contribution in [-0.2, 0) is 4.79 Å². The highest BCUT2D eigenvalue weighted by Gasteiger charge is 2.06. The second-order valence-corrected chi connectivity index (χ2v) is 2.87. The van der Waals surface area contributed by atoms with Crippen molar-refractivity contribution < 1.29 is 9.53 Å². The second-order valence-electron chi connectivity index (χ2n) is 2.46. The van der Waals surface area contributed by atoms with Crippen molar-refractivity contribution in [2.75, 3.05) is 6.61 Å². The Bertz CT molecular complexity index is 308. The number of rotatable bonds is 3. The fourth-order valence-corrected chi connectivity index (χ4v) is 1.09. The van der Waals surface area contributed by atoms with Crippen molar-refractivity contribution in [3.05, 3.63) is 23.0 Å². The van der Waals surface area contributed by atoms with Crippen LogP contribution in [0.25, 0.3) is 0 Å². The number of primary amides is 1. The lowest BCUT2D eigenvalue weighted by atomic mass is 10.3. The van der Waals surface area contributed by atoms with E-state index in [1.165, 1.54) is 0 Å². The number of hydrogen-bond donors (Lipinski definition) is 1. The predicted molar refractivity (Wildman–Crippen MR) is 48.7 cm³/mol. The number of halogens is 1. The largest absolute Gasteiger partial charge is 0.480 e. The highest BCUT2D eigenvalue weighted by Crippen LogP contribution is 2.25. The van der Waals surface area contributed by atoms with E-state index in [0.29, 0.717) is 16.5 Å². The predicted octanol–water partition coefficient (Wildman–Crippen LogP) is 0.908. The van der Waals surface area contributed by atoms with Gasteiger partial charge in [-0.1, -0.05) is 11.6 Å². The van der Waals surface area contributed by atoms with Crippen molar-refractivity contribution in [1.29, 1.82) is 0 Å². The minimum Gasteiger partial charge on any atom is -0.480 e. The van der Waals surface area contributed by atoms with Crippen molar-refractivity contribution in [2.24, 2.45) is 5.73 Å². The average molecular weight is 201 g/mol. The van der Waals surface area contributed by atoms with Gasteiger partial charge in [-0.25, -0.2) is 0 Å². The van der Waals surface area contributed by atoms with Crippen LogP contribution in [0.15, 0.2) is 12.3 Å². The van der Waals surface area contributed by atoms with Crippen molar-refractivity contribution in [2.45, 2.75) is 6.92 Å². The number of aryl methyl sites for hydroxylation is 1. The van der Waals surface area contributed by atoms with E-state index in [-0.39, 0.29) is 6.61 Å². The lowest BCUT2D eigenvalue weighted by Crippen LogP contribution is -2.20. The molecule has 0 radical (unpaired) electrons. The van der Waals surface area contributed by atoms with E-state index in [1.54, 1.807) is 19.2 Å². The maximum absolute atomic E-state index is 10.4. The smallest absolute Gasteiger partial charge is 0.255 e. The van der Waals surface area contributed by atoms with E-state index in [9.17, 15) is 4.79 Å². The minimum absolute atomic E-state index is 0.188. The molecule has 0 fully saturated rings. The molecule has 1 rings (SSSR count). The number of aromatic nitrogens is 1. The number of amides is 1. The molecule has 0 aliphatic rings. The summed E-state index contributed by atoms with van der Waals surface area (Å²) in [7, 11) is 0. The number of carbonyl (C=O) groups excluding carboxylic acids is 1. The molecule has 0 bridgehead atoms. The molecule has 0 aliphatic carbocycles. The van der Waals surface area contributed by atoms with Gasteiger partial charge in [0.1, 0.15) is 0 Å². The normalized spacial score (nSPS) is 9.69. The molecule has 70 valence electrons. The molecule has 0 spiro atoms. The first kappa shape index (κ1) is 9.80. The molecule has 0 saturated carbocycles. The summed E-state index contributed by atoms with van der Waals surface area (Å²) in [6.07, 6.45) is 1.56. The first-order valence-corrected chi connectivity index (χ1v) is 4.01. The lowest BCUT2D eigenvalue weighted by Gasteiger charge is -2.07. The zero-order valence-electron chi connectivity index (χ0n) is 7.08. The number of hydrogen-bond acceptors (Lipinski definition) is 3. The molecule has 1 aromatic rings. The maximum Gasteiger partial charge on any atom is 0.255 e. The second kappa shape index (κ2) is 4.09. The fraction of sp³-hybridized carbons (Fsp3) is 0.250. The van der Waals surface area contributed by atoms with Gasteiger partial charge in [-0.3, -0.25) is 9.78 Å². The molecular weight excluding hydrogens is 192 g/mol. The van der Waals surface area contributed by atoms with Gasteiger partial charge in [-0.05, 0) is 13.0 Å². The molecule has 0 unspecified atom stereocenters. The van der Waals surface area contributed by atoms with Crippen molar-refractivity contribution in [3.8, 4) is 5.75 Å². The molecule has 0 saturated heterocycles. The summed E-state index contributed by atoms with van der Waals surface area (Å²) >= 11 is 5.80. The van der Waals surface area contributed by atoms with Crippen LogP contribution in [0, 0.1) is 6.92 Å². The number of carbonyl (C=O) groups is 1. The number of ether oxygens (including phenoxy) is 1. The Labute approximate surface area is 80.7 Å². The molecule has 13 heavy (non-hydrogen) atoms.